The molecule has 1 atom stereocenters. The van der Waals surface area contributed by atoms with E-state index in [9.17, 15) is 18.3 Å². The minimum absolute atomic E-state index is 0.0311. The number of nitrogens with zero attached hydrogens (tertiary/aromatic N) is 3. The zero-order valence-electron chi connectivity index (χ0n) is 10.4. The summed E-state index contributed by atoms with van der Waals surface area (Å²) in [4.78, 5) is 4.17. The van der Waals surface area contributed by atoms with Gasteiger partial charge in [-0.15, -0.1) is 0 Å². The molecular formula is C13H12F3N3O. The molecule has 1 aromatic carbocycles. The Balaban J connectivity index is 2.07. The van der Waals surface area contributed by atoms with E-state index in [1.54, 1.807) is 0 Å². The predicted octanol–water partition coefficient (Wildman–Crippen LogP) is 2.27. The van der Waals surface area contributed by atoms with E-state index in [1.165, 1.54) is 22.9 Å². The molecule has 7 heteroatoms. The molecule has 1 N–H and O–H groups in total. The summed E-state index contributed by atoms with van der Waals surface area (Å²) in [6.45, 7) is 0.274. The van der Waals surface area contributed by atoms with Crippen LogP contribution in [0.2, 0.25) is 0 Å². The lowest BCUT2D eigenvalue weighted by Crippen LogP contribution is -2.25. The van der Waals surface area contributed by atoms with Gasteiger partial charge in [0.25, 0.3) is 0 Å². The minimum atomic E-state index is -4.44. The van der Waals surface area contributed by atoms with E-state index >= 15 is 0 Å². The third-order valence-electron chi connectivity index (χ3n) is 3.31. The molecule has 3 rings (SSSR count). The molecule has 2 aromatic rings. The minimum Gasteiger partial charge on any atom is -0.391 e. The lowest BCUT2D eigenvalue weighted by Gasteiger charge is -2.16. The average molecular weight is 283 g/mol. The molecular weight excluding hydrogens is 271 g/mol. The van der Waals surface area contributed by atoms with Crippen molar-refractivity contribution in [1.29, 1.82) is 0 Å². The van der Waals surface area contributed by atoms with Crippen molar-refractivity contribution in [3.05, 3.63) is 35.7 Å². The number of hydrogen-bond acceptors (Lipinski definition) is 3. The van der Waals surface area contributed by atoms with Crippen molar-refractivity contribution in [2.45, 2.75) is 31.7 Å². The number of aliphatic hydroxyl groups is 1. The molecule has 0 spiro atoms. The Labute approximate surface area is 112 Å². The van der Waals surface area contributed by atoms with E-state index in [-0.39, 0.29) is 17.9 Å². The van der Waals surface area contributed by atoms with Crippen LogP contribution in [0, 0.1) is 0 Å². The molecule has 0 bridgehead atoms. The number of hydrogen-bond donors (Lipinski definition) is 1. The summed E-state index contributed by atoms with van der Waals surface area (Å²) >= 11 is 0. The van der Waals surface area contributed by atoms with E-state index < -0.39 is 17.8 Å². The highest BCUT2D eigenvalue weighted by Gasteiger charge is 2.34. The molecule has 0 radical (unpaired) electrons. The number of halogens is 3. The number of rotatable bonds is 1. The molecule has 0 saturated carbocycles. The van der Waals surface area contributed by atoms with Crippen LogP contribution in [0.5, 0.6) is 0 Å². The summed E-state index contributed by atoms with van der Waals surface area (Å²) in [6, 6.07) is 5.25. The van der Waals surface area contributed by atoms with Gasteiger partial charge in [-0.1, -0.05) is 18.2 Å². The molecule has 4 nitrogen and oxygen atoms in total. The first-order valence-electron chi connectivity index (χ1n) is 6.23. The maximum atomic E-state index is 13.0. The summed E-state index contributed by atoms with van der Waals surface area (Å²) < 4.78 is 40.4. The lowest BCUT2D eigenvalue weighted by molar-refractivity contribution is -0.137. The van der Waals surface area contributed by atoms with Crippen LogP contribution in [0.3, 0.4) is 0 Å². The van der Waals surface area contributed by atoms with Gasteiger partial charge in [-0.3, -0.25) is 0 Å². The number of aromatic nitrogens is 3. The summed E-state index contributed by atoms with van der Waals surface area (Å²) in [6.07, 6.45) is -3.89. The quantitative estimate of drug-likeness (QED) is 0.873. The summed E-state index contributed by atoms with van der Waals surface area (Å²) in [5.74, 6) is 0.671. The van der Waals surface area contributed by atoms with Gasteiger partial charge >= 0.3 is 6.18 Å². The van der Waals surface area contributed by atoms with Gasteiger partial charge in [0, 0.05) is 12.0 Å². The Morgan fingerprint density at radius 2 is 2.00 bits per heavy atom. The van der Waals surface area contributed by atoms with Crippen molar-refractivity contribution in [3.8, 4) is 11.4 Å². The molecule has 1 unspecified atom stereocenters. The highest BCUT2D eigenvalue weighted by atomic mass is 19.4. The second-order valence-corrected chi connectivity index (χ2v) is 4.77. The van der Waals surface area contributed by atoms with Crippen LogP contribution in [0.1, 0.15) is 17.8 Å². The van der Waals surface area contributed by atoms with Crippen LogP contribution >= 0.6 is 0 Å². The van der Waals surface area contributed by atoms with Crippen LogP contribution in [0.25, 0.3) is 11.4 Å². The lowest BCUT2D eigenvalue weighted by atomic mass is 10.1. The largest absolute Gasteiger partial charge is 0.417 e. The first-order chi connectivity index (χ1) is 9.45. The number of aryl methyl sites for hydroxylation is 1. The van der Waals surface area contributed by atoms with Gasteiger partial charge in [-0.2, -0.15) is 18.3 Å². The molecule has 1 aromatic heterocycles. The van der Waals surface area contributed by atoms with Crippen LogP contribution in [0.4, 0.5) is 13.2 Å². The van der Waals surface area contributed by atoms with Gasteiger partial charge in [0.2, 0.25) is 0 Å². The zero-order chi connectivity index (χ0) is 14.3. The molecule has 106 valence electrons. The second kappa shape index (κ2) is 4.59. The average Bonchev–Trinajstić information content (AvgIpc) is 2.80. The van der Waals surface area contributed by atoms with E-state index in [2.05, 4.69) is 10.1 Å². The number of benzene rings is 1. The van der Waals surface area contributed by atoms with Gasteiger partial charge in [0.05, 0.1) is 18.2 Å². The smallest absolute Gasteiger partial charge is 0.391 e. The Hall–Kier alpha value is -1.89. The van der Waals surface area contributed by atoms with Gasteiger partial charge in [0.1, 0.15) is 5.82 Å². The summed E-state index contributed by atoms with van der Waals surface area (Å²) in [5.41, 5.74) is -0.778. The Kier molecular flexibility index (Phi) is 3.01. The summed E-state index contributed by atoms with van der Waals surface area (Å²) in [7, 11) is 0. The van der Waals surface area contributed by atoms with Gasteiger partial charge in [-0.05, 0) is 12.5 Å². The third-order valence-corrected chi connectivity index (χ3v) is 3.31. The van der Waals surface area contributed by atoms with Crippen molar-refractivity contribution >= 4 is 0 Å². The first-order valence-corrected chi connectivity index (χ1v) is 6.23. The van der Waals surface area contributed by atoms with E-state index in [0.717, 1.165) is 6.07 Å². The van der Waals surface area contributed by atoms with Crippen molar-refractivity contribution < 1.29 is 18.3 Å². The standard InChI is InChI=1S/C13H12F3N3O/c14-13(15,16)10-4-2-1-3-9(10)12-17-11-6-5-8(20)7-19(11)18-12/h1-4,8,20H,5-7H2. The number of aliphatic hydroxyl groups excluding tert-OH is 1. The highest BCUT2D eigenvalue weighted by molar-refractivity contribution is 5.60. The van der Waals surface area contributed by atoms with Crippen LogP contribution in [0.15, 0.2) is 24.3 Å². The molecule has 0 fully saturated rings. The maximum Gasteiger partial charge on any atom is 0.417 e. The summed E-state index contributed by atoms with van der Waals surface area (Å²) in [5, 5.41) is 13.6. The second-order valence-electron chi connectivity index (χ2n) is 4.77. The fourth-order valence-corrected chi connectivity index (χ4v) is 2.33. The maximum absolute atomic E-state index is 13.0. The van der Waals surface area contributed by atoms with Crippen molar-refractivity contribution in [1.82, 2.24) is 14.8 Å². The Morgan fingerprint density at radius 1 is 1.25 bits per heavy atom. The SMILES string of the molecule is OC1CCc2nc(-c3ccccc3C(F)(F)F)nn2C1. The van der Waals surface area contributed by atoms with E-state index in [1.807, 2.05) is 0 Å². The van der Waals surface area contributed by atoms with Crippen molar-refractivity contribution in [3.63, 3.8) is 0 Å². The highest BCUT2D eigenvalue weighted by Crippen LogP contribution is 2.36. The van der Waals surface area contributed by atoms with Crippen molar-refractivity contribution in [2.24, 2.45) is 0 Å². The van der Waals surface area contributed by atoms with Crippen LogP contribution in [-0.4, -0.2) is 26.0 Å². The van der Waals surface area contributed by atoms with Gasteiger partial charge in [-0.25, -0.2) is 9.67 Å². The fraction of sp³-hybridized carbons (Fsp3) is 0.385. The van der Waals surface area contributed by atoms with Crippen LogP contribution in [-0.2, 0) is 19.1 Å². The first kappa shape index (κ1) is 13.1. The molecule has 0 amide bonds. The number of fused-ring (bicyclic) bond motifs is 1. The van der Waals surface area contributed by atoms with E-state index in [4.69, 9.17) is 0 Å². The van der Waals surface area contributed by atoms with Gasteiger partial charge < -0.3 is 5.11 Å². The molecule has 20 heavy (non-hydrogen) atoms. The topological polar surface area (TPSA) is 50.9 Å². The zero-order valence-corrected chi connectivity index (χ0v) is 10.4. The fourth-order valence-electron chi connectivity index (χ4n) is 2.33. The molecule has 0 saturated heterocycles. The monoisotopic (exact) mass is 283 g/mol. The molecule has 1 aliphatic rings. The Morgan fingerprint density at radius 3 is 2.75 bits per heavy atom. The normalized spacial score (nSPS) is 18.9. The predicted molar refractivity (Wildman–Crippen MR) is 64.8 cm³/mol. The Bertz CT molecular complexity index is 636. The van der Waals surface area contributed by atoms with Crippen molar-refractivity contribution in [2.75, 3.05) is 0 Å². The molecule has 2 heterocycles. The van der Waals surface area contributed by atoms with E-state index in [0.29, 0.717) is 18.7 Å². The van der Waals surface area contributed by atoms with Crippen LogP contribution < -0.4 is 0 Å². The van der Waals surface area contributed by atoms with Gasteiger partial charge in [0.15, 0.2) is 5.82 Å². The number of alkyl halides is 3. The molecule has 0 aliphatic carbocycles. The third kappa shape index (κ3) is 2.29. The molecule has 1 aliphatic heterocycles.